The molecular formula is C17H18. The Morgan fingerprint density at radius 3 is 2.35 bits per heavy atom. The molecular weight excluding hydrogens is 204 g/mol. The molecule has 0 atom stereocenters. The van der Waals surface area contributed by atoms with E-state index >= 15 is 0 Å². The second-order valence-electron chi connectivity index (χ2n) is 5.31. The van der Waals surface area contributed by atoms with E-state index < -0.39 is 0 Å². The normalized spacial score (nSPS) is 12.5. The van der Waals surface area contributed by atoms with Crippen molar-refractivity contribution >= 4 is 0 Å². The summed E-state index contributed by atoms with van der Waals surface area (Å²) in [5, 5.41) is 0. The van der Waals surface area contributed by atoms with Crippen LogP contribution in [0.3, 0.4) is 0 Å². The molecule has 0 saturated heterocycles. The molecule has 0 saturated carbocycles. The molecule has 2 aromatic rings. The molecule has 3 rings (SSSR count). The molecule has 0 aromatic heterocycles. The van der Waals surface area contributed by atoms with Crippen molar-refractivity contribution in [1.82, 2.24) is 0 Å². The molecule has 17 heavy (non-hydrogen) atoms. The molecule has 0 fully saturated rings. The molecule has 86 valence electrons. The van der Waals surface area contributed by atoms with E-state index in [0.29, 0.717) is 0 Å². The molecule has 1 aliphatic rings. The van der Waals surface area contributed by atoms with Crippen molar-refractivity contribution in [3.05, 3.63) is 57.6 Å². The largest absolute Gasteiger partial charge is 0.0587 e. The summed E-state index contributed by atoms with van der Waals surface area (Å²) in [6.45, 7) is 8.89. The van der Waals surface area contributed by atoms with E-state index in [1.807, 2.05) is 0 Å². The van der Waals surface area contributed by atoms with Gasteiger partial charge in [0.1, 0.15) is 0 Å². The maximum absolute atomic E-state index is 2.36. The zero-order chi connectivity index (χ0) is 12.2. The van der Waals surface area contributed by atoms with Crippen molar-refractivity contribution in [2.24, 2.45) is 0 Å². The monoisotopic (exact) mass is 222 g/mol. The van der Waals surface area contributed by atoms with Crippen LogP contribution in [0.1, 0.15) is 33.4 Å². The van der Waals surface area contributed by atoms with Gasteiger partial charge in [0.05, 0.1) is 0 Å². The molecule has 0 nitrogen and oxygen atoms in total. The number of hydrogen-bond donors (Lipinski definition) is 0. The van der Waals surface area contributed by atoms with Crippen molar-refractivity contribution in [3.8, 4) is 11.1 Å². The maximum atomic E-state index is 2.36. The van der Waals surface area contributed by atoms with Crippen molar-refractivity contribution in [2.75, 3.05) is 0 Å². The maximum Gasteiger partial charge on any atom is -0.00106 e. The first-order valence-electron chi connectivity index (χ1n) is 6.27. The summed E-state index contributed by atoms with van der Waals surface area (Å²) in [6.07, 6.45) is 1.11. The van der Waals surface area contributed by atoms with E-state index in [1.165, 1.54) is 44.5 Å². The summed E-state index contributed by atoms with van der Waals surface area (Å²) in [5.74, 6) is 0. The van der Waals surface area contributed by atoms with Gasteiger partial charge >= 0.3 is 0 Å². The molecule has 1 aliphatic carbocycles. The summed E-state index contributed by atoms with van der Waals surface area (Å²) < 4.78 is 0. The molecule has 0 amide bonds. The molecule has 0 N–H and O–H groups in total. The SMILES string of the molecule is Cc1ccc2c(c1)Cc1c-2cc(C)c(C)c1C. The van der Waals surface area contributed by atoms with Gasteiger partial charge in [-0.25, -0.2) is 0 Å². The van der Waals surface area contributed by atoms with Crippen LogP contribution in [0.25, 0.3) is 11.1 Å². The van der Waals surface area contributed by atoms with Gasteiger partial charge in [0.15, 0.2) is 0 Å². The first-order valence-corrected chi connectivity index (χ1v) is 6.27. The fourth-order valence-corrected chi connectivity index (χ4v) is 2.93. The van der Waals surface area contributed by atoms with Crippen LogP contribution in [0.5, 0.6) is 0 Å². The lowest BCUT2D eigenvalue weighted by Crippen LogP contribution is -1.93. The van der Waals surface area contributed by atoms with Gasteiger partial charge in [0.25, 0.3) is 0 Å². The third-order valence-corrected chi connectivity index (χ3v) is 4.21. The molecule has 0 aliphatic heterocycles. The van der Waals surface area contributed by atoms with Gasteiger partial charge in [-0.1, -0.05) is 29.8 Å². The highest BCUT2D eigenvalue weighted by Crippen LogP contribution is 2.40. The summed E-state index contributed by atoms with van der Waals surface area (Å²) in [6, 6.07) is 9.20. The van der Waals surface area contributed by atoms with Crippen molar-refractivity contribution < 1.29 is 0 Å². The fourth-order valence-electron chi connectivity index (χ4n) is 2.93. The van der Waals surface area contributed by atoms with Gasteiger partial charge in [-0.2, -0.15) is 0 Å². The molecule has 0 radical (unpaired) electrons. The Labute approximate surface area is 103 Å². The number of rotatable bonds is 0. The smallest absolute Gasteiger partial charge is 0.00106 e. The second-order valence-corrected chi connectivity index (χ2v) is 5.31. The first-order chi connectivity index (χ1) is 8.08. The lowest BCUT2D eigenvalue weighted by molar-refractivity contribution is 1.16. The highest BCUT2D eigenvalue weighted by Gasteiger charge is 2.21. The van der Waals surface area contributed by atoms with Crippen LogP contribution in [-0.4, -0.2) is 0 Å². The number of benzene rings is 2. The fraction of sp³-hybridized carbons (Fsp3) is 0.294. The Balaban J connectivity index is 2.30. The van der Waals surface area contributed by atoms with E-state index in [9.17, 15) is 0 Å². The predicted molar refractivity (Wildman–Crippen MR) is 73.6 cm³/mol. The Kier molecular flexibility index (Phi) is 2.16. The van der Waals surface area contributed by atoms with Crippen LogP contribution < -0.4 is 0 Å². The number of aryl methyl sites for hydroxylation is 2. The van der Waals surface area contributed by atoms with Crippen LogP contribution in [0.2, 0.25) is 0 Å². The molecule has 0 unspecified atom stereocenters. The molecule has 0 heteroatoms. The number of hydrogen-bond acceptors (Lipinski definition) is 0. The Morgan fingerprint density at radius 1 is 0.824 bits per heavy atom. The third kappa shape index (κ3) is 1.44. The summed E-state index contributed by atoms with van der Waals surface area (Å²) >= 11 is 0. The zero-order valence-corrected chi connectivity index (χ0v) is 11.0. The van der Waals surface area contributed by atoms with Gasteiger partial charge < -0.3 is 0 Å². The van der Waals surface area contributed by atoms with Gasteiger partial charge in [0, 0.05) is 0 Å². The number of fused-ring (bicyclic) bond motifs is 3. The van der Waals surface area contributed by atoms with Gasteiger partial charge in [-0.3, -0.25) is 0 Å². The van der Waals surface area contributed by atoms with E-state index in [0.717, 1.165) is 6.42 Å². The van der Waals surface area contributed by atoms with E-state index in [1.54, 1.807) is 0 Å². The summed E-state index contributed by atoms with van der Waals surface area (Å²) in [4.78, 5) is 0. The Hall–Kier alpha value is -1.56. The highest BCUT2D eigenvalue weighted by molar-refractivity contribution is 5.79. The molecule has 0 heterocycles. The van der Waals surface area contributed by atoms with Crippen molar-refractivity contribution in [2.45, 2.75) is 34.1 Å². The van der Waals surface area contributed by atoms with Crippen LogP contribution in [0.15, 0.2) is 24.3 Å². The molecule has 0 bridgehead atoms. The topological polar surface area (TPSA) is 0 Å². The first kappa shape index (κ1) is 10.6. The second kappa shape index (κ2) is 3.46. The van der Waals surface area contributed by atoms with Gasteiger partial charge in [-0.15, -0.1) is 0 Å². The average Bonchev–Trinajstić information content (AvgIpc) is 2.64. The summed E-state index contributed by atoms with van der Waals surface area (Å²) in [5.41, 5.74) is 11.6. The zero-order valence-electron chi connectivity index (χ0n) is 11.0. The van der Waals surface area contributed by atoms with Crippen molar-refractivity contribution in [3.63, 3.8) is 0 Å². The molecule has 2 aromatic carbocycles. The van der Waals surface area contributed by atoms with Gasteiger partial charge in [0.2, 0.25) is 0 Å². The van der Waals surface area contributed by atoms with Crippen LogP contribution in [0, 0.1) is 27.7 Å². The highest BCUT2D eigenvalue weighted by atomic mass is 14.3. The lowest BCUT2D eigenvalue weighted by Gasteiger charge is -2.11. The third-order valence-electron chi connectivity index (χ3n) is 4.21. The minimum Gasteiger partial charge on any atom is -0.0587 e. The minimum absolute atomic E-state index is 1.11. The quantitative estimate of drug-likeness (QED) is 0.525. The lowest BCUT2D eigenvalue weighted by atomic mass is 9.94. The average molecular weight is 222 g/mol. The van der Waals surface area contributed by atoms with Crippen LogP contribution in [-0.2, 0) is 6.42 Å². The Morgan fingerprint density at radius 2 is 1.59 bits per heavy atom. The van der Waals surface area contributed by atoms with E-state index in [2.05, 4.69) is 52.0 Å². The Bertz CT molecular complexity index is 618. The summed E-state index contributed by atoms with van der Waals surface area (Å²) in [7, 11) is 0. The molecule has 0 spiro atoms. The van der Waals surface area contributed by atoms with Crippen LogP contribution >= 0.6 is 0 Å². The standard InChI is InChI=1S/C17H18/c1-10-5-6-15-14(7-10)9-16-13(4)12(3)11(2)8-17(15)16/h5-8H,9H2,1-4H3. The predicted octanol–water partition coefficient (Wildman–Crippen LogP) is 4.49. The van der Waals surface area contributed by atoms with E-state index in [-0.39, 0.29) is 0 Å². The minimum atomic E-state index is 1.11. The van der Waals surface area contributed by atoms with Crippen molar-refractivity contribution in [1.29, 1.82) is 0 Å². The van der Waals surface area contributed by atoms with Crippen LogP contribution in [0.4, 0.5) is 0 Å². The van der Waals surface area contributed by atoms with E-state index in [4.69, 9.17) is 0 Å². The van der Waals surface area contributed by atoms with Gasteiger partial charge in [-0.05, 0) is 73.1 Å².